The highest BCUT2D eigenvalue weighted by Gasteiger charge is 2.51. The molecule has 1 heterocycles. The summed E-state index contributed by atoms with van der Waals surface area (Å²) in [6, 6.07) is 11.9. The van der Waals surface area contributed by atoms with Crippen molar-refractivity contribution >= 4 is 23.5 Å². The number of hydrogen-bond acceptors (Lipinski definition) is 3. The number of urea groups is 1. The van der Waals surface area contributed by atoms with Gasteiger partial charge in [-0.2, -0.15) is 0 Å². The van der Waals surface area contributed by atoms with Crippen LogP contribution in [0.15, 0.2) is 48.5 Å². The van der Waals surface area contributed by atoms with Gasteiger partial charge in [0.05, 0.1) is 6.54 Å². The largest absolute Gasteiger partial charge is 0.492 e. The number of nitrogens with one attached hydrogen (secondary N) is 1. The van der Waals surface area contributed by atoms with Crippen LogP contribution in [-0.2, 0) is 10.3 Å². The summed E-state index contributed by atoms with van der Waals surface area (Å²) in [4.78, 5) is 26.4. The summed E-state index contributed by atoms with van der Waals surface area (Å²) in [5.41, 5.74) is -0.619. The van der Waals surface area contributed by atoms with Crippen LogP contribution in [-0.4, -0.2) is 30.0 Å². The van der Waals surface area contributed by atoms with Crippen LogP contribution >= 0.6 is 11.6 Å². The maximum atomic E-state index is 13.2. The molecule has 0 aromatic heterocycles. The van der Waals surface area contributed by atoms with Gasteiger partial charge in [-0.25, -0.2) is 9.18 Å². The van der Waals surface area contributed by atoms with Gasteiger partial charge in [0.1, 0.15) is 23.7 Å². The second kappa shape index (κ2) is 7.33. The molecule has 136 valence electrons. The van der Waals surface area contributed by atoms with Crippen molar-refractivity contribution < 1.29 is 18.7 Å². The number of ether oxygens (including phenoxy) is 1. The Morgan fingerprint density at radius 3 is 2.38 bits per heavy atom. The fourth-order valence-corrected chi connectivity index (χ4v) is 3.11. The summed E-state index contributed by atoms with van der Waals surface area (Å²) in [7, 11) is 0. The molecule has 3 amide bonds. The van der Waals surface area contributed by atoms with Crippen LogP contribution in [0, 0.1) is 5.82 Å². The van der Waals surface area contributed by atoms with Crippen LogP contribution in [0.25, 0.3) is 0 Å². The van der Waals surface area contributed by atoms with Gasteiger partial charge in [-0.15, -0.1) is 0 Å². The first-order chi connectivity index (χ1) is 12.5. The lowest BCUT2D eigenvalue weighted by molar-refractivity contribution is -0.132. The predicted molar refractivity (Wildman–Crippen MR) is 95.6 cm³/mol. The quantitative estimate of drug-likeness (QED) is 0.782. The van der Waals surface area contributed by atoms with Crippen molar-refractivity contribution in [3.63, 3.8) is 0 Å². The smallest absolute Gasteiger partial charge is 0.325 e. The van der Waals surface area contributed by atoms with E-state index in [0.29, 0.717) is 22.8 Å². The summed E-state index contributed by atoms with van der Waals surface area (Å²) in [5, 5.41) is 3.35. The van der Waals surface area contributed by atoms with E-state index < -0.39 is 17.4 Å². The van der Waals surface area contributed by atoms with Crippen LogP contribution in [0.3, 0.4) is 0 Å². The molecule has 26 heavy (non-hydrogen) atoms. The number of halogens is 2. The monoisotopic (exact) mass is 376 g/mol. The van der Waals surface area contributed by atoms with E-state index in [0.717, 1.165) is 4.90 Å². The number of nitrogens with zero attached hydrogens (tertiary/aromatic N) is 1. The van der Waals surface area contributed by atoms with Crippen molar-refractivity contribution in [2.75, 3.05) is 13.2 Å². The molecule has 2 aromatic carbocycles. The summed E-state index contributed by atoms with van der Waals surface area (Å²) < 4.78 is 18.8. The molecule has 1 saturated heterocycles. The minimum Gasteiger partial charge on any atom is -0.492 e. The highest BCUT2D eigenvalue weighted by atomic mass is 35.5. The normalized spacial score (nSPS) is 19.6. The maximum Gasteiger partial charge on any atom is 0.325 e. The topological polar surface area (TPSA) is 58.6 Å². The minimum absolute atomic E-state index is 0.107. The van der Waals surface area contributed by atoms with E-state index in [9.17, 15) is 14.0 Å². The highest BCUT2D eigenvalue weighted by Crippen LogP contribution is 2.32. The number of carbonyl (C=O) groups is 2. The molecule has 1 N–H and O–H groups in total. The first-order valence-corrected chi connectivity index (χ1v) is 8.62. The third-order valence-electron chi connectivity index (χ3n) is 4.44. The van der Waals surface area contributed by atoms with E-state index in [2.05, 4.69) is 5.32 Å². The van der Waals surface area contributed by atoms with Gasteiger partial charge in [0, 0.05) is 5.02 Å². The number of rotatable bonds is 6. The SMILES string of the molecule is CC[C@]1(c2ccc(F)cc2)NC(=O)N(CCOc2ccc(Cl)cc2)C1=O. The van der Waals surface area contributed by atoms with Crippen LogP contribution in [0.4, 0.5) is 9.18 Å². The lowest BCUT2D eigenvalue weighted by atomic mass is 9.87. The zero-order chi connectivity index (χ0) is 18.7. The van der Waals surface area contributed by atoms with Gasteiger partial charge in [-0.1, -0.05) is 30.7 Å². The first-order valence-electron chi connectivity index (χ1n) is 8.25. The molecule has 0 saturated carbocycles. The molecule has 1 atom stereocenters. The van der Waals surface area contributed by atoms with Gasteiger partial charge >= 0.3 is 6.03 Å². The van der Waals surface area contributed by atoms with Gasteiger partial charge in [-0.3, -0.25) is 9.69 Å². The number of hydrogen-bond donors (Lipinski definition) is 1. The van der Waals surface area contributed by atoms with E-state index >= 15 is 0 Å². The molecule has 0 radical (unpaired) electrons. The molecule has 1 aliphatic rings. The second-order valence-electron chi connectivity index (χ2n) is 5.96. The van der Waals surface area contributed by atoms with E-state index in [-0.39, 0.29) is 19.1 Å². The maximum absolute atomic E-state index is 13.2. The number of imide groups is 1. The van der Waals surface area contributed by atoms with Crippen molar-refractivity contribution in [1.82, 2.24) is 10.2 Å². The van der Waals surface area contributed by atoms with Crippen molar-refractivity contribution in [1.29, 1.82) is 0 Å². The Labute approximate surface area is 155 Å². The second-order valence-corrected chi connectivity index (χ2v) is 6.39. The molecule has 0 spiro atoms. The highest BCUT2D eigenvalue weighted by molar-refractivity contribution is 6.30. The Hall–Kier alpha value is -2.60. The first kappa shape index (κ1) is 18.2. The van der Waals surface area contributed by atoms with Crippen LogP contribution in [0.2, 0.25) is 5.02 Å². The Bertz CT molecular complexity index is 811. The molecule has 0 unspecified atom stereocenters. The van der Waals surface area contributed by atoms with Crippen molar-refractivity contribution in [3.05, 3.63) is 64.9 Å². The number of carbonyl (C=O) groups excluding carboxylic acids is 2. The molecule has 0 aliphatic carbocycles. The van der Waals surface area contributed by atoms with Gasteiger partial charge in [-0.05, 0) is 48.4 Å². The Balaban J connectivity index is 1.71. The van der Waals surface area contributed by atoms with Crippen molar-refractivity contribution in [2.24, 2.45) is 0 Å². The molecule has 3 rings (SSSR count). The average molecular weight is 377 g/mol. The average Bonchev–Trinajstić information content (AvgIpc) is 2.89. The Morgan fingerprint density at radius 1 is 1.12 bits per heavy atom. The predicted octanol–water partition coefficient (Wildman–Crippen LogP) is 3.72. The zero-order valence-corrected chi connectivity index (χ0v) is 14.9. The standard InChI is InChI=1S/C19H18ClFN2O3/c1-2-19(13-3-7-15(21)8-4-13)17(24)23(18(25)22-19)11-12-26-16-9-5-14(20)6-10-16/h3-10H,2,11-12H2,1H3,(H,22,25)/t19-/m1/s1. The molecule has 5 nitrogen and oxygen atoms in total. The van der Waals surface area contributed by atoms with Crippen molar-refractivity contribution in [3.8, 4) is 5.75 Å². The van der Waals surface area contributed by atoms with Crippen molar-refractivity contribution in [2.45, 2.75) is 18.9 Å². The molecular weight excluding hydrogens is 359 g/mol. The fraction of sp³-hybridized carbons (Fsp3) is 0.263. The van der Waals surface area contributed by atoms with Crippen LogP contribution in [0.1, 0.15) is 18.9 Å². The van der Waals surface area contributed by atoms with Crippen LogP contribution in [0.5, 0.6) is 5.75 Å². The minimum atomic E-state index is -1.18. The summed E-state index contributed by atoms with van der Waals surface area (Å²) >= 11 is 5.82. The Morgan fingerprint density at radius 2 is 1.77 bits per heavy atom. The van der Waals surface area contributed by atoms with E-state index in [1.54, 1.807) is 31.2 Å². The van der Waals surface area contributed by atoms with E-state index in [1.165, 1.54) is 24.3 Å². The lowest BCUT2D eigenvalue weighted by Gasteiger charge is -2.25. The van der Waals surface area contributed by atoms with Gasteiger partial charge in [0.2, 0.25) is 0 Å². The van der Waals surface area contributed by atoms with Crippen LogP contribution < -0.4 is 10.1 Å². The summed E-state index contributed by atoms with van der Waals surface area (Å²) in [6.45, 7) is 2.06. The summed E-state index contributed by atoms with van der Waals surface area (Å²) in [5.74, 6) is -0.164. The molecular formula is C19H18ClFN2O3. The Kier molecular flexibility index (Phi) is 5.13. The van der Waals surface area contributed by atoms with Gasteiger partial charge in [0.15, 0.2) is 0 Å². The van der Waals surface area contributed by atoms with E-state index in [4.69, 9.17) is 16.3 Å². The molecule has 0 bridgehead atoms. The van der Waals surface area contributed by atoms with Gasteiger partial charge < -0.3 is 10.1 Å². The molecule has 1 aliphatic heterocycles. The third kappa shape index (κ3) is 3.37. The fourth-order valence-electron chi connectivity index (χ4n) is 2.99. The number of benzene rings is 2. The number of amides is 3. The third-order valence-corrected chi connectivity index (χ3v) is 4.69. The molecule has 2 aromatic rings. The lowest BCUT2D eigenvalue weighted by Crippen LogP contribution is -2.43. The summed E-state index contributed by atoms with van der Waals surface area (Å²) in [6.07, 6.45) is 0.359. The zero-order valence-electron chi connectivity index (χ0n) is 14.2. The molecule has 7 heteroatoms. The molecule has 1 fully saturated rings. The van der Waals surface area contributed by atoms with Gasteiger partial charge in [0.25, 0.3) is 5.91 Å². The van der Waals surface area contributed by atoms with E-state index in [1.807, 2.05) is 0 Å².